The molecular formula is C26H30N8O3. The van der Waals surface area contributed by atoms with Crippen LogP contribution >= 0.6 is 0 Å². The van der Waals surface area contributed by atoms with Crippen molar-refractivity contribution in [1.29, 1.82) is 0 Å². The number of carbonyl (C=O) groups excluding carboxylic acids is 1. The summed E-state index contributed by atoms with van der Waals surface area (Å²) in [7, 11) is 0. The Hall–Kier alpha value is -4.41. The third-order valence-corrected chi connectivity index (χ3v) is 6.13. The molecule has 5 rings (SSSR count). The predicted octanol–water partition coefficient (Wildman–Crippen LogP) is 3.06. The van der Waals surface area contributed by atoms with Gasteiger partial charge >= 0.3 is 6.09 Å². The predicted molar refractivity (Wildman–Crippen MR) is 142 cm³/mol. The molecule has 0 aromatic carbocycles. The number of nitrogens with two attached hydrogens (primary N) is 1. The maximum Gasteiger partial charge on any atom is 0.407 e. The normalized spacial score (nSPS) is 14.6. The molecule has 0 radical (unpaired) electrons. The number of imidazole rings is 1. The molecule has 11 nitrogen and oxygen atoms in total. The van der Waals surface area contributed by atoms with Gasteiger partial charge in [-0.2, -0.15) is 0 Å². The number of amides is 1. The molecule has 11 heteroatoms. The van der Waals surface area contributed by atoms with Gasteiger partial charge in [-0.25, -0.2) is 24.4 Å². The van der Waals surface area contributed by atoms with E-state index >= 15 is 0 Å². The lowest BCUT2D eigenvalue weighted by atomic mass is 10.1. The van der Waals surface area contributed by atoms with E-state index in [0.717, 1.165) is 0 Å². The largest absolute Gasteiger partial charge is 0.444 e. The van der Waals surface area contributed by atoms with Crippen LogP contribution in [0.2, 0.25) is 0 Å². The molecule has 1 fully saturated rings. The number of H-pyrrole nitrogens is 1. The minimum absolute atomic E-state index is 0.0146. The number of aromatic amines is 1. The lowest BCUT2D eigenvalue weighted by molar-refractivity contribution is 0.0495. The molecule has 37 heavy (non-hydrogen) atoms. The van der Waals surface area contributed by atoms with E-state index in [0.29, 0.717) is 65.6 Å². The number of ether oxygens (including phenoxy) is 1. The number of fused-ring (bicyclic) bond motifs is 1. The number of anilines is 1. The minimum Gasteiger partial charge on any atom is -0.444 e. The van der Waals surface area contributed by atoms with Gasteiger partial charge in [-0.1, -0.05) is 0 Å². The van der Waals surface area contributed by atoms with Gasteiger partial charge in [0.2, 0.25) is 0 Å². The molecule has 192 valence electrons. The maximum absolute atomic E-state index is 12.4. The number of nitrogen functional groups attached to an aromatic ring is 1. The number of nitrogens with zero attached hydrogens (tertiary/aromatic N) is 5. The first-order valence-electron chi connectivity index (χ1n) is 12.2. The number of pyridine rings is 3. The van der Waals surface area contributed by atoms with Crippen LogP contribution in [0.25, 0.3) is 33.8 Å². The van der Waals surface area contributed by atoms with Crippen molar-refractivity contribution >= 4 is 23.1 Å². The highest BCUT2D eigenvalue weighted by molar-refractivity contribution is 5.82. The Kier molecular flexibility index (Phi) is 6.28. The van der Waals surface area contributed by atoms with Gasteiger partial charge in [0, 0.05) is 31.5 Å². The average molecular weight is 503 g/mol. The molecule has 0 spiro atoms. The van der Waals surface area contributed by atoms with Gasteiger partial charge in [-0.05, 0) is 70.0 Å². The zero-order valence-electron chi connectivity index (χ0n) is 21.1. The molecule has 1 aliphatic rings. The van der Waals surface area contributed by atoms with Crippen LogP contribution in [-0.4, -0.2) is 55.4 Å². The summed E-state index contributed by atoms with van der Waals surface area (Å²) in [5, 5.41) is 5.11. The van der Waals surface area contributed by atoms with Gasteiger partial charge < -0.3 is 25.8 Å². The molecule has 4 aromatic heterocycles. The lowest BCUT2D eigenvalue weighted by Crippen LogP contribution is -2.49. The highest BCUT2D eigenvalue weighted by atomic mass is 16.6. The van der Waals surface area contributed by atoms with Gasteiger partial charge in [-0.15, -0.1) is 0 Å². The summed E-state index contributed by atoms with van der Waals surface area (Å²) in [6, 6.07) is 10.8. The van der Waals surface area contributed by atoms with Crippen LogP contribution in [0.3, 0.4) is 0 Å². The van der Waals surface area contributed by atoms with Crippen LogP contribution in [-0.2, 0) is 4.74 Å². The second-order valence-corrected chi connectivity index (χ2v) is 10.0. The summed E-state index contributed by atoms with van der Waals surface area (Å²) in [6.45, 7) is 6.80. The number of carbonyl (C=O) groups is 1. The van der Waals surface area contributed by atoms with Crippen molar-refractivity contribution in [3.63, 3.8) is 0 Å². The Morgan fingerprint density at radius 1 is 1.11 bits per heavy atom. The Labute approximate surface area is 213 Å². The minimum atomic E-state index is -0.553. The van der Waals surface area contributed by atoms with E-state index < -0.39 is 11.7 Å². The number of piperidine rings is 1. The van der Waals surface area contributed by atoms with Crippen molar-refractivity contribution in [2.24, 2.45) is 0 Å². The molecule has 4 aromatic rings. The fourth-order valence-corrected chi connectivity index (χ4v) is 4.45. The second-order valence-electron chi connectivity index (χ2n) is 10.0. The summed E-state index contributed by atoms with van der Waals surface area (Å²) in [6.07, 6.45) is 4.23. The molecule has 0 atom stereocenters. The first-order chi connectivity index (χ1) is 17.7. The van der Waals surface area contributed by atoms with Crippen molar-refractivity contribution in [3.8, 4) is 22.6 Å². The van der Waals surface area contributed by atoms with Crippen LogP contribution in [0, 0.1) is 0 Å². The van der Waals surface area contributed by atoms with Gasteiger partial charge in [0.05, 0.1) is 16.8 Å². The average Bonchev–Trinajstić information content (AvgIpc) is 3.22. The smallest absolute Gasteiger partial charge is 0.407 e. The summed E-state index contributed by atoms with van der Waals surface area (Å²) >= 11 is 0. The molecular weight excluding hydrogens is 472 g/mol. The van der Waals surface area contributed by atoms with E-state index in [2.05, 4.69) is 20.3 Å². The van der Waals surface area contributed by atoms with Gasteiger partial charge in [0.25, 0.3) is 5.56 Å². The summed E-state index contributed by atoms with van der Waals surface area (Å²) < 4.78 is 7.37. The molecule has 1 amide bonds. The molecule has 0 aliphatic carbocycles. The summed E-state index contributed by atoms with van der Waals surface area (Å²) in [5.41, 5.74) is 8.44. The number of nitrogens with one attached hydrogen (secondary N) is 2. The van der Waals surface area contributed by atoms with Crippen LogP contribution in [0.1, 0.15) is 33.6 Å². The van der Waals surface area contributed by atoms with E-state index in [1.54, 1.807) is 30.6 Å². The molecule has 5 heterocycles. The van der Waals surface area contributed by atoms with E-state index in [1.165, 1.54) is 0 Å². The van der Waals surface area contributed by atoms with Crippen LogP contribution in [0.5, 0.6) is 0 Å². The van der Waals surface area contributed by atoms with Crippen LogP contribution < -0.4 is 21.6 Å². The third kappa shape index (κ3) is 5.11. The topological polar surface area (TPSA) is 144 Å². The van der Waals surface area contributed by atoms with E-state index in [4.69, 9.17) is 20.4 Å². The van der Waals surface area contributed by atoms with Gasteiger partial charge in [0.15, 0.2) is 11.5 Å². The molecule has 1 aliphatic heterocycles. The molecule has 0 unspecified atom stereocenters. The highest BCUT2D eigenvalue weighted by Crippen LogP contribution is 2.29. The Morgan fingerprint density at radius 3 is 2.57 bits per heavy atom. The fraction of sp³-hybridized carbons (Fsp3) is 0.346. The first-order valence-corrected chi connectivity index (χ1v) is 12.2. The van der Waals surface area contributed by atoms with Gasteiger partial charge in [0.1, 0.15) is 16.9 Å². The number of rotatable bonds is 4. The number of aromatic nitrogens is 5. The fourth-order valence-electron chi connectivity index (χ4n) is 4.45. The Bertz CT molecular complexity index is 1500. The quantitative estimate of drug-likeness (QED) is 0.386. The third-order valence-electron chi connectivity index (χ3n) is 6.13. The SMILES string of the molecule is CC(C)(C)OC(=O)NC1CCN(n2c(-c3cccnc3N)nc3ccc(-c4ccc[nH]c4=O)nc32)CC1. The lowest BCUT2D eigenvalue weighted by Gasteiger charge is -2.35. The van der Waals surface area contributed by atoms with Crippen molar-refractivity contribution < 1.29 is 9.53 Å². The van der Waals surface area contributed by atoms with Crippen LogP contribution in [0.4, 0.5) is 10.6 Å². The zero-order chi connectivity index (χ0) is 26.2. The number of hydrogen-bond acceptors (Lipinski definition) is 8. The summed E-state index contributed by atoms with van der Waals surface area (Å²) in [5.74, 6) is 0.978. The van der Waals surface area contributed by atoms with Gasteiger partial charge in [-0.3, -0.25) is 4.79 Å². The maximum atomic E-state index is 12.4. The van der Waals surface area contributed by atoms with Crippen molar-refractivity contribution in [2.75, 3.05) is 23.8 Å². The van der Waals surface area contributed by atoms with Crippen molar-refractivity contribution in [2.45, 2.75) is 45.3 Å². The zero-order valence-corrected chi connectivity index (χ0v) is 21.1. The number of hydrogen-bond donors (Lipinski definition) is 3. The van der Waals surface area contributed by atoms with E-state index in [1.807, 2.05) is 43.6 Å². The molecule has 0 bridgehead atoms. The standard InChI is InChI=1S/C26H30N8O3/c1-26(2,3)37-25(36)30-16-10-14-33(15-11-16)34-22(18-7-5-12-28-21(18)27)32-20-9-8-19(31-23(20)34)17-6-4-13-29-24(17)35/h4-9,12-13,16H,10-11,14-15H2,1-3H3,(H2,27,28)(H,29,35)(H,30,36). The highest BCUT2D eigenvalue weighted by Gasteiger charge is 2.27. The first kappa shape index (κ1) is 24.3. The van der Waals surface area contributed by atoms with Crippen molar-refractivity contribution in [3.05, 3.63) is 59.1 Å². The molecule has 4 N–H and O–H groups in total. The number of alkyl carbamates (subject to hydrolysis) is 1. The monoisotopic (exact) mass is 502 g/mol. The summed E-state index contributed by atoms with van der Waals surface area (Å²) in [4.78, 5) is 41.3. The molecule has 1 saturated heterocycles. The van der Waals surface area contributed by atoms with Crippen LogP contribution in [0.15, 0.2) is 53.6 Å². The van der Waals surface area contributed by atoms with Crippen molar-refractivity contribution in [1.82, 2.24) is 29.9 Å². The van der Waals surface area contributed by atoms with E-state index in [-0.39, 0.29) is 11.6 Å². The second kappa shape index (κ2) is 9.57. The Balaban J connectivity index is 1.51. The van der Waals surface area contributed by atoms with E-state index in [9.17, 15) is 9.59 Å². The molecule has 0 saturated carbocycles. The Morgan fingerprint density at radius 2 is 1.86 bits per heavy atom.